The molecule has 1 atom stereocenters. The maximum Gasteiger partial charge on any atom is 0.433 e. The summed E-state index contributed by atoms with van der Waals surface area (Å²) in [7, 11) is 1.51. The van der Waals surface area contributed by atoms with Crippen LogP contribution in [-0.4, -0.2) is 63.1 Å². The summed E-state index contributed by atoms with van der Waals surface area (Å²) >= 11 is 0. The Kier molecular flexibility index (Phi) is 6.69. The lowest BCUT2D eigenvalue weighted by molar-refractivity contribution is -0.143. The number of alkyl halides is 3. The Hall–Kier alpha value is -4.43. The van der Waals surface area contributed by atoms with Gasteiger partial charge in [0.25, 0.3) is 5.91 Å². The molecule has 2 aromatic heterocycles. The monoisotopic (exact) mass is 574 g/mol. The molecule has 1 saturated carbocycles. The van der Waals surface area contributed by atoms with Gasteiger partial charge in [0.2, 0.25) is 0 Å². The Morgan fingerprint density at radius 1 is 1.10 bits per heavy atom. The van der Waals surface area contributed by atoms with E-state index in [0.29, 0.717) is 36.5 Å². The number of carbonyl (C=O) groups excluding carboxylic acids is 1. The molecular weight excluding hydrogens is 545 g/mol. The highest BCUT2D eigenvalue weighted by atomic mass is 19.4. The molecule has 1 aliphatic heterocycles. The number of amides is 1. The van der Waals surface area contributed by atoms with Crippen LogP contribution in [0.25, 0.3) is 16.9 Å². The third kappa shape index (κ3) is 4.56. The first kappa shape index (κ1) is 27.7. The zero-order valence-electron chi connectivity index (χ0n) is 23.4. The third-order valence-corrected chi connectivity index (χ3v) is 8.51. The number of hydrogen-bond acceptors (Lipinski definition) is 6. The first-order valence-electron chi connectivity index (χ1n) is 13.7. The minimum absolute atomic E-state index is 0.0313. The molecule has 42 heavy (non-hydrogen) atoms. The minimum atomic E-state index is -4.72. The topological polar surface area (TPSA) is 86.8 Å². The van der Waals surface area contributed by atoms with Crippen molar-refractivity contribution < 1.29 is 22.7 Å². The summed E-state index contributed by atoms with van der Waals surface area (Å²) < 4.78 is 48.9. The zero-order chi connectivity index (χ0) is 29.8. The van der Waals surface area contributed by atoms with Gasteiger partial charge < -0.3 is 9.64 Å². The van der Waals surface area contributed by atoms with Crippen molar-refractivity contribution in [2.45, 2.75) is 44.4 Å². The molecule has 3 heterocycles. The highest BCUT2D eigenvalue weighted by Crippen LogP contribution is 2.51. The van der Waals surface area contributed by atoms with Crippen molar-refractivity contribution >= 4 is 11.6 Å². The Morgan fingerprint density at radius 3 is 2.36 bits per heavy atom. The molecule has 0 radical (unpaired) electrons. The van der Waals surface area contributed by atoms with Gasteiger partial charge in [0.05, 0.1) is 30.6 Å². The highest BCUT2D eigenvalue weighted by molar-refractivity contribution is 6.00. The normalized spacial score (nSPS) is 18.6. The molecular formula is C31H29F3N6O2. The van der Waals surface area contributed by atoms with Crippen LogP contribution in [0.3, 0.4) is 0 Å². The molecule has 0 bridgehead atoms. The summed E-state index contributed by atoms with van der Waals surface area (Å²) in [6, 6.07) is 16.2. The van der Waals surface area contributed by atoms with E-state index in [-0.39, 0.29) is 34.0 Å². The SMILES string of the molecule is COc1ccc(-c2nc3c(C(=O)N4CCN(C5(c6ccc(C#N)cc6)CC5)C[C@H]4C)cnn3c(C(F)(F)F)c2C)cc1. The number of aromatic nitrogens is 3. The fourth-order valence-corrected chi connectivity index (χ4v) is 6.15. The Bertz CT molecular complexity index is 1700. The van der Waals surface area contributed by atoms with E-state index in [1.807, 2.05) is 31.2 Å². The van der Waals surface area contributed by atoms with Crippen LogP contribution in [0.1, 0.15) is 52.5 Å². The quantitative estimate of drug-likeness (QED) is 0.316. The van der Waals surface area contributed by atoms with Crippen molar-refractivity contribution in [3.8, 4) is 23.1 Å². The molecule has 0 spiro atoms. The van der Waals surface area contributed by atoms with E-state index < -0.39 is 17.8 Å². The van der Waals surface area contributed by atoms with Crippen molar-refractivity contribution in [2.24, 2.45) is 0 Å². The fourth-order valence-electron chi connectivity index (χ4n) is 6.15. The van der Waals surface area contributed by atoms with Crippen LogP contribution < -0.4 is 4.74 Å². The van der Waals surface area contributed by atoms with Crippen molar-refractivity contribution in [3.63, 3.8) is 0 Å². The van der Waals surface area contributed by atoms with E-state index in [0.717, 1.165) is 22.9 Å². The second kappa shape index (κ2) is 10.1. The highest BCUT2D eigenvalue weighted by Gasteiger charge is 2.51. The van der Waals surface area contributed by atoms with Gasteiger partial charge in [-0.2, -0.15) is 23.5 Å². The minimum Gasteiger partial charge on any atom is -0.497 e. The molecule has 0 unspecified atom stereocenters. The number of benzene rings is 2. The molecule has 1 amide bonds. The number of methoxy groups -OCH3 is 1. The van der Waals surface area contributed by atoms with Crippen molar-refractivity contribution in [2.75, 3.05) is 26.7 Å². The van der Waals surface area contributed by atoms with Crippen LogP contribution >= 0.6 is 0 Å². The molecule has 1 saturated heterocycles. The molecule has 6 rings (SSSR count). The van der Waals surface area contributed by atoms with Gasteiger partial charge in [-0.25, -0.2) is 9.50 Å². The van der Waals surface area contributed by atoms with Crippen molar-refractivity contribution in [3.05, 3.63) is 82.7 Å². The molecule has 0 N–H and O–H groups in total. The lowest BCUT2D eigenvalue weighted by Gasteiger charge is -2.44. The van der Waals surface area contributed by atoms with Gasteiger partial charge in [0.15, 0.2) is 11.3 Å². The summed E-state index contributed by atoms with van der Waals surface area (Å²) in [5, 5.41) is 13.1. The first-order chi connectivity index (χ1) is 20.1. The predicted octanol–water partition coefficient (Wildman–Crippen LogP) is 5.44. The molecule has 1 aliphatic carbocycles. The van der Waals surface area contributed by atoms with Gasteiger partial charge in [0.1, 0.15) is 11.3 Å². The van der Waals surface area contributed by atoms with E-state index in [4.69, 9.17) is 10.00 Å². The molecule has 4 aromatic rings. The number of nitriles is 1. The molecule has 11 heteroatoms. The van der Waals surface area contributed by atoms with E-state index in [1.54, 1.807) is 29.2 Å². The summed E-state index contributed by atoms with van der Waals surface area (Å²) in [6.07, 6.45) is -1.55. The molecule has 2 fully saturated rings. The average molecular weight is 575 g/mol. The summed E-state index contributed by atoms with van der Waals surface area (Å²) in [6.45, 7) is 4.96. The number of halogens is 3. The van der Waals surface area contributed by atoms with Crippen LogP contribution in [0.15, 0.2) is 54.7 Å². The Balaban J connectivity index is 1.32. The van der Waals surface area contributed by atoms with Gasteiger partial charge in [0, 0.05) is 42.3 Å². The van der Waals surface area contributed by atoms with Crippen LogP contribution in [-0.2, 0) is 11.7 Å². The number of hydrogen-bond donors (Lipinski definition) is 0. The number of fused-ring (bicyclic) bond motifs is 1. The van der Waals surface area contributed by atoms with Crippen molar-refractivity contribution in [1.82, 2.24) is 24.4 Å². The molecule has 216 valence electrons. The number of ether oxygens (including phenoxy) is 1. The fraction of sp³-hybridized carbons (Fsp3) is 0.355. The second-order valence-electron chi connectivity index (χ2n) is 11.0. The molecule has 2 aliphatic rings. The number of piperazine rings is 1. The van der Waals surface area contributed by atoms with Crippen LogP contribution in [0.5, 0.6) is 5.75 Å². The molecule has 2 aromatic carbocycles. The van der Waals surface area contributed by atoms with Gasteiger partial charge >= 0.3 is 6.18 Å². The lowest BCUT2D eigenvalue weighted by atomic mass is 9.99. The Morgan fingerprint density at radius 2 is 1.79 bits per heavy atom. The number of rotatable bonds is 5. The third-order valence-electron chi connectivity index (χ3n) is 8.51. The number of carbonyl (C=O) groups is 1. The van der Waals surface area contributed by atoms with Gasteiger partial charge in [-0.3, -0.25) is 9.69 Å². The van der Waals surface area contributed by atoms with E-state index in [1.165, 1.54) is 20.2 Å². The summed E-state index contributed by atoms with van der Waals surface area (Å²) in [4.78, 5) is 22.5. The Labute approximate surface area is 240 Å². The van der Waals surface area contributed by atoms with Crippen LogP contribution in [0.4, 0.5) is 13.2 Å². The first-order valence-corrected chi connectivity index (χ1v) is 13.7. The van der Waals surface area contributed by atoms with Crippen LogP contribution in [0.2, 0.25) is 0 Å². The van der Waals surface area contributed by atoms with Gasteiger partial charge in [-0.1, -0.05) is 12.1 Å². The summed E-state index contributed by atoms with van der Waals surface area (Å²) in [5.41, 5.74) is 1.10. The number of nitrogens with zero attached hydrogens (tertiary/aromatic N) is 6. The smallest absolute Gasteiger partial charge is 0.433 e. The van der Waals surface area contributed by atoms with Crippen molar-refractivity contribution in [1.29, 1.82) is 5.26 Å². The maximum atomic E-state index is 14.3. The second-order valence-corrected chi connectivity index (χ2v) is 11.0. The largest absolute Gasteiger partial charge is 0.497 e. The van der Waals surface area contributed by atoms with Crippen LogP contribution in [0, 0.1) is 18.3 Å². The van der Waals surface area contributed by atoms with E-state index in [9.17, 15) is 18.0 Å². The predicted molar refractivity (Wildman–Crippen MR) is 149 cm³/mol. The van der Waals surface area contributed by atoms with Gasteiger partial charge in [-0.15, -0.1) is 0 Å². The zero-order valence-corrected chi connectivity index (χ0v) is 23.4. The maximum absolute atomic E-state index is 14.3. The van der Waals surface area contributed by atoms with Gasteiger partial charge in [-0.05, 0) is 68.7 Å². The lowest BCUT2D eigenvalue weighted by Crippen LogP contribution is -2.56. The van der Waals surface area contributed by atoms with E-state index >= 15 is 0 Å². The van der Waals surface area contributed by atoms with E-state index in [2.05, 4.69) is 21.1 Å². The average Bonchev–Trinajstić information content (AvgIpc) is 3.69. The molecule has 8 nitrogen and oxygen atoms in total. The standard InChI is InChI=1S/C31H29F3N6O2/c1-19-18-38(30(12-13-30)23-8-4-21(16-35)5-9-23)14-15-39(19)29(41)25-17-36-40-27(31(32,33)34)20(2)26(37-28(25)40)22-6-10-24(42-3)11-7-22/h4-11,17,19H,12-15,18H2,1-3H3/t19-/m1/s1. The summed E-state index contributed by atoms with van der Waals surface area (Å²) in [5.74, 6) is 0.166.